The number of fused-ring (bicyclic) bond motifs is 1. The SMILES string of the molecule is CCOC(=O)C1=C(C)Nc2ccccc2N=C1NC(=O)c1ccn(-c2cccc([N+](=O)[O-])c2)n1. The van der Waals surface area contributed by atoms with E-state index < -0.39 is 16.8 Å². The van der Waals surface area contributed by atoms with E-state index in [2.05, 4.69) is 20.7 Å². The molecule has 34 heavy (non-hydrogen) atoms. The van der Waals surface area contributed by atoms with Gasteiger partial charge in [0.1, 0.15) is 11.4 Å². The Hall–Kier alpha value is -4.80. The Morgan fingerprint density at radius 1 is 1.18 bits per heavy atom. The molecular formula is C23H20N6O5. The number of aliphatic imine (C=N–C) groups is 1. The Balaban J connectivity index is 1.66. The molecule has 0 saturated heterocycles. The number of anilines is 1. The van der Waals surface area contributed by atoms with Crippen LogP contribution in [0.5, 0.6) is 0 Å². The smallest absolute Gasteiger partial charge is 0.343 e. The van der Waals surface area contributed by atoms with E-state index in [1.807, 2.05) is 6.07 Å². The normalized spacial score (nSPS) is 12.7. The summed E-state index contributed by atoms with van der Waals surface area (Å²) in [7, 11) is 0. The van der Waals surface area contributed by atoms with E-state index in [-0.39, 0.29) is 29.4 Å². The number of nitrogens with zero attached hydrogens (tertiary/aromatic N) is 4. The first-order chi connectivity index (χ1) is 16.4. The van der Waals surface area contributed by atoms with Gasteiger partial charge >= 0.3 is 5.97 Å². The maximum atomic E-state index is 13.0. The van der Waals surface area contributed by atoms with Gasteiger partial charge in [0.15, 0.2) is 5.69 Å². The van der Waals surface area contributed by atoms with Crippen molar-refractivity contribution < 1.29 is 19.2 Å². The molecule has 3 aromatic rings. The van der Waals surface area contributed by atoms with Crippen LogP contribution in [0.4, 0.5) is 17.1 Å². The molecule has 0 saturated carbocycles. The number of nitro groups is 1. The number of ether oxygens (including phenoxy) is 1. The number of carbonyl (C=O) groups is 2. The monoisotopic (exact) mass is 460 g/mol. The van der Waals surface area contributed by atoms with E-state index in [1.165, 1.54) is 35.1 Å². The first kappa shape index (κ1) is 22.4. The van der Waals surface area contributed by atoms with E-state index in [0.717, 1.165) is 0 Å². The molecule has 1 aliphatic rings. The number of carbonyl (C=O) groups excluding carboxylic acids is 2. The van der Waals surface area contributed by atoms with Crippen molar-refractivity contribution in [1.29, 1.82) is 0 Å². The summed E-state index contributed by atoms with van der Waals surface area (Å²) >= 11 is 0. The van der Waals surface area contributed by atoms with Gasteiger partial charge in [-0.2, -0.15) is 5.10 Å². The van der Waals surface area contributed by atoms with Crippen LogP contribution in [0.25, 0.3) is 5.69 Å². The third-order valence-corrected chi connectivity index (χ3v) is 4.91. The van der Waals surface area contributed by atoms with Crippen LogP contribution in [-0.2, 0) is 9.53 Å². The number of non-ortho nitro benzene ring substituents is 1. The average molecular weight is 460 g/mol. The Morgan fingerprint density at radius 2 is 1.97 bits per heavy atom. The minimum atomic E-state index is -0.638. The number of allylic oxidation sites excluding steroid dienone is 1. The molecule has 2 heterocycles. The number of nitro benzene ring substituents is 1. The summed E-state index contributed by atoms with van der Waals surface area (Å²) in [5.74, 6) is -1.23. The average Bonchev–Trinajstić information content (AvgIpc) is 3.26. The number of aromatic nitrogens is 2. The summed E-state index contributed by atoms with van der Waals surface area (Å²) in [6, 6.07) is 14.5. The number of benzene rings is 2. The van der Waals surface area contributed by atoms with Crippen molar-refractivity contribution in [3.05, 3.63) is 87.9 Å². The number of para-hydroxylation sites is 2. The highest BCUT2D eigenvalue weighted by molar-refractivity contribution is 6.25. The van der Waals surface area contributed by atoms with Gasteiger partial charge in [0.25, 0.3) is 11.6 Å². The molecule has 2 aromatic carbocycles. The number of amidine groups is 1. The largest absolute Gasteiger partial charge is 0.462 e. The minimum Gasteiger partial charge on any atom is -0.462 e. The Labute approximate surface area is 193 Å². The Morgan fingerprint density at radius 3 is 2.74 bits per heavy atom. The molecule has 0 aliphatic carbocycles. The number of hydrogen-bond donors (Lipinski definition) is 2. The van der Waals surface area contributed by atoms with E-state index in [4.69, 9.17) is 4.74 Å². The number of amides is 1. The van der Waals surface area contributed by atoms with Gasteiger partial charge in [-0.1, -0.05) is 18.2 Å². The van der Waals surface area contributed by atoms with Crippen molar-refractivity contribution in [2.75, 3.05) is 11.9 Å². The zero-order valence-corrected chi connectivity index (χ0v) is 18.3. The van der Waals surface area contributed by atoms with Gasteiger partial charge < -0.3 is 15.4 Å². The highest BCUT2D eigenvalue weighted by Crippen LogP contribution is 2.30. The molecule has 172 valence electrons. The van der Waals surface area contributed by atoms with Crippen LogP contribution < -0.4 is 10.6 Å². The molecule has 1 amide bonds. The van der Waals surface area contributed by atoms with Gasteiger partial charge in [-0.25, -0.2) is 14.5 Å². The van der Waals surface area contributed by atoms with Gasteiger partial charge in [-0.05, 0) is 38.1 Å². The van der Waals surface area contributed by atoms with Crippen LogP contribution >= 0.6 is 0 Å². The van der Waals surface area contributed by atoms with Gasteiger partial charge in [-0.3, -0.25) is 14.9 Å². The lowest BCUT2D eigenvalue weighted by Gasteiger charge is -2.12. The first-order valence-corrected chi connectivity index (χ1v) is 10.3. The fourth-order valence-electron chi connectivity index (χ4n) is 3.35. The molecule has 0 atom stereocenters. The van der Waals surface area contributed by atoms with Gasteiger partial charge in [-0.15, -0.1) is 0 Å². The van der Waals surface area contributed by atoms with Crippen LogP contribution in [0.3, 0.4) is 0 Å². The van der Waals surface area contributed by atoms with Crippen molar-refractivity contribution in [3.63, 3.8) is 0 Å². The van der Waals surface area contributed by atoms with Gasteiger partial charge in [0.2, 0.25) is 0 Å². The van der Waals surface area contributed by atoms with Gasteiger partial charge in [0.05, 0.1) is 28.6 Å². The molecular weight excluding hydrogens is 440 g/mol. The molecule has 0 bridgehead atoms. The fraction of sp³-hybridized carbons (Fsp3) is 0.130. The summed E-state index contributed by atoms with van der Waals surface area (Å²) in [6.07, 6.45) is 1.51. The third-order valence-electron chi connectivity index (χ3n) is 4.91. The summed E-state index contributed by atoms with van der Waals surface area (Å²) in [5.41, 5.74) is 2.09. The molecule has 1 aliphatic heterocycles. The van der Waals surface area contributed by atoms with Crippen molar-refractivity contribution in [2.45, 2.75) is 13.8 Å². The number of esters is 1. The predicted molar refractivity (Wildman–Crippen MR) is 124 cm³/mol. The first-order valence-electron chi connectivity index (χ1n) is 10.3. The lowest BCUT2D eigenvalue weighted by molar-refractivity contribution is -0.384. The Kier molecular flexibility index (Phi) is 6.17. The lowest BCUT2D eigenvalue weighted by Crippen LogP contribution is -2.35. The quantitative estimate of drug-likeness (QED) is 0.337. The fourth-order valence-corrected chi connectivity index (χ4v) is 3.35. The maximum absolute atomic E-state index is 13.0. The summed E-state index contributed by atoms with van der Waals surface area (Å²) in [5, 5.41) is 21.1. The minimum absolute atomic E-state index is 0.0169. The standard InChI is InChI=1S/C23H20N6O5/c1-3-34-23(31)20-14(2)24-17-9-4-5-10-18(17)25-21(20)26-22(30)19-11-12-28(27-19)15-7-6-8-16(13-15)29(32)33/h4-13,24H,3H2,1-2H3,(H,25,26,30). The molecule has 4 rings (SSSR count). The summed E-state index contributed by atoms with van der Waals surface area (Å²) in [6.45, 7) is 3.52. The summed E-state index contributed by atoms with van der Waals surface area (Å²) in [4.78, 5) is 40.7. The molecule has 11 nitrogen and oxygen atoms in total. The second kappa shape index (κ2) is 9.36. The van der Waals surface area contributed by atoms with Crippen molar-refractivity contribution in [1.82, 2.24) is 15.1 Å². The van der Waals surface area contributed by atoms with E-state index >= 15 is 0 Å². The van der Waals surface area contributed by atoms with E-state index in [1.54, 1.807) is 38.1 Å². The molecule has 11 heteroatoms. The van der Waals surface area contributed by atoms with Crippen LogP contribution in [0.1, 0.15) is 24.3 Å². The third kappa shape index (κ3) is 4.53. The van der Waals surface area contributed by atoms with Gasteiger partial charge in [0, 0.05) is 24.0 Å². The van der Waals surface area contributed by atoms with E-state index in [0.29, 0.717) is 22.8 Å². The topological polar surface area (TPSA) is 141 Å². The van der Waals surface area contributed by atoms with E-state index in [9.17, 15) is 19.7 Å². The van der Waals surface area contributed by atoms with Crippen LogP contribution in [0.15, 0.2) is 77.1 Å². The molecule has 1 aromatic heterocycles. The highest BCUT2D eigenvalue weighted by Gasteiger charge is 2.27. The molecule has 2 N–H and O–H groups in total. The van der Waals surface area contributed by atoms with Crippen molar-refractivity contribution in [2.24, 2.45) is 4.99 Å². The second-order valence-electron chi connectivity index (χ2n) is 7.20. The zero-order chi connectivity index (χ0) is 24.2. The Bertz CT molecular complexity index is 1360. The number of nitrogens with one attached hydrogen (secondary N) is 2. The number of rotatable bonds is 5. The zero-order valence-electron chi connectivity index (χ0n) is 18.3. The summed E-state index contributed by atoms with van der Waals surface area (Å²) < 4.78 is 6.52. The van der Waals surface area contributed by atoms with Crippen LogP contribution in [0, 0.1) is 10.1 Å². The van der Waals surface area contributed by atoms with Crippen molar-refractivity contribution >= 4 is 34.8 Å². The predicted octanol–water partition coefficient (Wildman–Crippen LogP) is 3.50. The number of hydrogen-bond acceptors (Lipinski definition) is 8. The van der Waals surface area contributed by atoms with Crippen LogP contribution in [-0.4, -0.2) is 39.0 Å². The highest BCUT2D eigenvalue weighted by atomic mass is 16.6. The molecule has 0 unspecified atom stereocenters. The molecule has 0 spiro atoms. The maximum Gasteiger partial charge on any atom is 0.343 e. The molecule has 0 fully saturated rings. The second-order valence-corrected chi connectivity index (χ2v) is 7.20. The molecule has 0 radical (unpaired) electrons. The lowest BCUT2D eigenvalue weighted by atomic mass is 10.2. The van der Waals surface area contributed by atoms with Crippen molar-refractivity contribution in [3.8, 4) is 5.69 Å². The van der Waals surface area contributed by atoms with Crippen LogP contribution in [0.2, 0.25) is 0 Å².